The van der Waals surface area contributed by atoms with E-state index < -0.39 is 9.84 Å². The Balaban J connectivity index is 1.66. The maximum Gasteiger partial charge on any atom is 0.224 e. The summed E-state index contributed by atoms with van der Waals surface area (Å²) in [6.45, 7) is 2.80. The zero-order valence-electron chi connectivity index (χ0n) is 10.7. The highest BCUT2D eigenvalue weighted by Crippen LogP contribution is 2.18. The Hall–Kier alpha value is -0.620. The second-order valence-electron chi connectivity index (χ2n) is 5.39. The highest BCUT2D eigenvalue weighted by Gasteiger charge is 2.32. The normalized spacial score (nSPS) is 31.1. The van der Waals surface area contributed by atoms with E-state index in [0.717, 1.165) is 19.5 Å². The summed E-state index contributed by atoms with van der Waals surface area (Å²) in [6.07, 6.45) is 3.90. The number of sulfone groups is 1. The molecule has 0 aromatic heterocycles. The Morgan fingerprint density at radius 1 is 1.33 bits per heavy atom. The Bertz CT molecular complexity index is 388. The molecule has 2 unspecified atom stereocenters. The van der Waals surface area contributed by atoms with Crippen LogP contribution in [0.1, 0.15) is 25.7 Å². The number of hydrogen-bond donors (Lipinski definition) is 2. The minimum Gasteiger partial charge on any atom is -0.356 e. The Morgan fingerprint density at radius 2 is 2.17 bits per heavy atom. The molecule has 104 valence electrons. The van der Waals surface area contributed by atoms with Crippen LogP contribution in [0, 0.1) is 11.8 Å². The fourth-order valence-corrected chi connectivity index (χ4v) is 4.46. The molecule has 0 spiro atoms. The second-order valence-corrected chi connectivity index (χ2v) is 7.62. The van der Waals surface area contributed by atoms with E-state index in [1.807, 2.05) is 0 Å². The van der Waals surface area contributed by atoms with E-state index in [2.05, 4.69) is 10.6 Å². The molecular formula is C12H22N2O3S. The first-order valence-electron chi connectivity index (χ1n) is 6.76. The average molecular weight is 274 g/mol. The van der Waals surface area contributed by atoms with Crippen LogP contribution >= 0.6 is 0 Å². The van der Waals surface area contributed by atoms with E-state index in [0.29, 0.717) is 18.9 Å². The highest BCUT2D eigenvalue weighted by atomic mass is 32.2. The second kappa shape index (κ2) is 6.02. The summed E-state index contributed by atoms with van der Waals surface area (Å²) in [5, 5.41) is 6.23. The van der Waals surface area contributed by atoms with E-state index in [-0.39, 0.29) is 23.3 Å². The molecule has 0 aromatic rings. The van der Waals surface area contributed by atoms with E-state index in [1.54, 1.807) is 0 Å². The topological polar surface area (TPSA) is 75.3 Å². The van der Waals surface area contributed by atoms with E-state index in [1.165, 1.54) is 12.8 Å². The Kier molecular flexibility index (Phi) is 4.61. The summed E-state index contributed by atoms with van der Waals surface area (Å²) >= 11 is 0. The molecule has 2 rings (SSSR count). The van der Waals surface area contributed by atoms with Crippen molar-refractivity contribution in [1.29, 1.82) is 0 Å². The number of nitrogens with one attached hydrogen (secondary N) is 2. The van der Waals surface area contributed by atoms with Gasteiger partial charge in [0.1, 0.15) is 0 Å². The minimum absolute atomic E-state index is 0.0316. The van der Waals surface area contributed by atoms with Crippen molar-refractivity contribution in [3.63, 3.8) is 0 Å². The minimum atomic E-state index is -2.96. The molecule has 2 fully saturated rings. The highest BCUT2D eigenvalue weighted by molar-refractivity contribution is 7.91. The molecule has 2 saturated heterocycles. The first-order chi connectivity index (χ1) is 8.57. The van der Waals surface area contributed by atoms with Gasteiger partial charge in [-0.1, -0.05) is 0 Å². The number of carbonyl (C=O) groups excluding carboxylic acids is 1. The van der Waals surface area contributed by atoms with Crippen molar-refractivity contribution in [1.82, 2.24) is 10.6 Å². The van der Waals surface area contributed by atoms with Crippen LogP contribution in [0.15, 0.2) is 0 Å². The number of carbonyl (C=O) groups is 1. The standard InChI is InChI=1S/C12H22N2O3S/c15-12(11-4-7-18(16,17)9-11)14-6-3-10-2-1-5-13-8-10/h10-11,13H,1-9H2,(H,14,15). The summed E-state index contributed by atoms with van der Waals surface area (Å²) < 4.78 is 22.6. The first-order valence-corrected chi connectivity index (χ1v) is 8.58. The monoisotopic (exact) mass is 274 g/mol. The van der Waals surface area contributed by atoms with Crippen LogP contribution in [-0.4, -0.2) is 45.5 Å². The van der Waals surface area contributed by atoms with Gasteiger partial charge < -0.3 is 10.6 Å². The Morgan fingerprint density at radius 3 is 2.78 bits per heavy atom. The summed E-state index contributed by atoms with van der Waals surface area (Å²) in [4.78, 5) is 11.8. The summed E-state index contributed by atoms with van der Waals surface area (Å²) in [7, 11) is -2.96. The van der Waals surface area contributed by atoms with Crippen molar-refractivity contribution in [2.45, 2.75) is 25.7 Å². The fourth-order valence-electron chi connectivity index (χ4n) is 2.72. The van der Waals surface area contributed by atoms with Gasteiger partial charge in [0.2, 0.25) is 5.91 Å². The van der Waals surface area contributed by atoms with Gasteiger partial charge in [0.05, 0.1) is 17.4 Å². The van der Waals surface area contributed by atoms with Crippen LogP contribution in [0.25, 0.3) is 0 Å². The van der Waals surface area contributed by atoms with Gasteiger partial charge in [0, 0.05) is 6.54 Å². The van der Waals surface area contributed by atoms with Crippen molar-refractivity contribution in [3.8, 4) is 0 Å². The van der Waals surface area contributed by atoms with Gasteiger partial charge in [-0.25, -0.2) is 8.42 Å². The lowest BCUT2D eigenvalue weighted by Gasteiger charge is -2.22. The van der Waals surface area contributed by atoms with Gasteiger partial charge in [0.25, 0.3) is 0 Å². The lowest BCUT2D eigenvalue weighted by Crippen LogP contribution is -2.35. The number of rotatable bonds is 4. The lowest BCUT2D eigenvalue weighted by atomic mass is 9.96. The molecule has 0 saturated carbocycles. The molecule has 2 N–H and O–H groups in total. The van der Waals surface area contributed by atoms with Gasteiger partial charge in [0.15, 0.2) is 9.84 Å². The quantitative estimate of drug-likeness (QED) is 0.752. The molecule has 1 amide bonds. The summed E-state index contributed by atoms with van der Waals surface area (Å²) in [5.74, 6) is 0.437. The molecule has 0 aromatic carbocycles. The smallest absolute Gasteiger partial charge is 0.224 e. The van der Waals surface area contributed by atoms with Gasteiger partial charge in [-0.05, 0) is 44.7 Å². The third-order valence-corrected chi connectivity index (χ3v) is 5.62. The lowest BCUT2D eigenvalue weighted by molar-refractivity contribution is -0.124. The third-order valence-electron chi connectivity index (χ3n) is 3.85. The van der Waals surface area contributed by atoms with Gasteiger partial charge in [-0.2, -0.15) is 0 Å². The molecule has 0 aliphatic carbocycles. The number of hydrogen-bond acceptors (Lipinski definition) is 4. The van der Waals surface area contributed by atoms with Crippen molar-refractivity contribution in [2.24, 2.45) is 11.8 Å². The molecule has 0 radical (unpaired) electrons. The van der Waals surface area contributed by atoms with Gasteiger partial charge >= 0.3 is 0 Å². The van der Waals surface area contributed by atoms with Crippen LogP contribution in [-0.2, 0) is 14.6 Å². The van der Waals surface area contributed by atoms with E-state index in [9.17, 15) is 13.2 Å². The largest absolute Gasteiger partial charge is 0.356 e. The Labute approximate surface area is 109 Å². The van der Waals surface area contributed by atoms with Gasteiger partial charge in [-0.15, -0.1) is 0 Å². The first kappa shape index (κ1) is 13.8. The molecule has 2 atom stereocenters. The predicted octanol–water partition coefficient (Wildman–Crippen LogP) is -0.0730. The van der Waals surface area contributed by atoms with Crippen LogP contribution < -0.4 is 10.6 Å². The molecule has 5 nitrogen and oxygen atoms in total. The number of amides is 1. The SMILES string of the molecule is O=C(NCCC1CCCNC1)C1CCS(=O)(=O)C1. The molecule has 0 bridgehead atoms. The predicted molar refractivity (Wildman–Crippen MR) is 70.0 cm³/mol. The van der Waals surface area contributed by atoms with Crippen LogP contribution in [0.2, 0.25) is 0 Å². The molecule has 2 aliphatic rings. The third kappa shape index (κ3) is 3.95. The zero-order chi connectivity index (χ0) is 13.0. The van der Waals surface area contributed by atoms with E-state index in [4.69, 9.17) is 0 Å². The van der Waals surface area contributed by atoms with Crippen LogP contribution in [0.5, 0.6) is 0 Å². The van der Waals surface area contributed by atoms with Crippen molar-refractivity contribution in [3.05, 3.63) is 0 Å². The average Bonchev–Trinajstić information content (AvgIpc) is 2.71. The van der Waals surface area contributed by atoms with Crippen molar-refractivity contribution in [2.75, 3.05) is 31.1 Å². The maximum atomic E-state index is 11.8. The molecule has 18 heavy (non-hydrogen) atoms. The molecule has 6 heteroatoms. The maximum absolute atomic E-state index is 11.8. The molecular weight excluding hydrogens is 252 g/mol. The zero-order valence-corrected chi connectivity index (χ0v) is 11.5. The van der Waals surface area contributed by atoms with Crippen molar-refractivity contribution >= 4 is 15.7 Å². The fraction of sp³-hybridized carbons (Fsp3) is 0.917. The van der Waals surface area contributed by atoms with Crippen LogP contribution in [0.4, 0.5) is 0 Å². The van der Waals surface area contributed by atoms with E-state index >= 15 is 0 Å². The molecule has 2 aliphatic heterocycles. The molecule has 2 heterocycles. The summed E-state index contributed by atoms with van der Waals surface area (Å²) in [6, 6.07) is 0. The van der Waals surface area contributed by atoms with Crippen LogP contribution in [0.3, 0.4) is 0 Å². The van der Waals surface area contributed by atoms with Gasteiger partial charge in [-0.3, -0.25) is 4.79 Å². The number of piperidine rings is 1. The van der Waals surface area contributed by atoms with Crippen molar-refractivity contribution < 1.29 is 13.2 Å². The summed E-state index contributed by atoms with van der Waals surface area (Å²) in [5.41, 5.74) is 0.